The van der Waals surface area contributed by atoms with Crippen LogP contribution in [-0.2, 0) is 28.6 Å². The van der Waals surface area contributed by atoms with Gasteiger partial charge in [0.15, 0.2) is 0 Å². The lowest BCUT2D eigenvalue weighted by molar-refractivity contribution is -0.174. The van der Waals surface area contributed by atoms with Gasteiger partial charge in [-0.1, -0.05) is 13.8 Å². The highest BCUT2D eigenvalue weighted by atomic mass is 16.6. The quantitative estimate of drug-likeness (QED) is 0.537. The highest BCUT2D eigenvalue weighted by molar-refractivity contribution is 5.82. The first-order valence-corrected chi connectivity index (χ1v) is 8.44. The minimum atomic E-state index is -0.577. The summed E-state index contributed by atoms with van der Waals surface area (Å²) in [6, 6.07) is 0. The number of hydrogen-bond acceptors (Lipinski definition) is 6. The molecule has 0 aromatic carbocycles. The Kier molecular flexibility index (Phi) is 3.06. The van der Waals surface area contributed by atoms with Gasteiger partial charge in [-0.15, -0.1) is 0 Å². The molecule has 6 nitrogen and oxygen atoms in total. The van der Waals surface area contributed by atoms with Gasteiger partial charge in [-0.25, -0.2) is 0 Å². The molecule has 2 saturated heterocycles. The Bertz CT molecular complexity index is 586. The molecule has 2 aliphatic carbocycles. The average molecular weight is 322 g/mol. The van der Waals surface area contributed by atoms with E-state index in [0.29, 0.717) is 6.42 Å². The molecule has 23 heavy (non-hydrogen) atoms. The van der Waals surface area contributed by atoms with Gasteiger partial charge in [-0.05, 0) is 12.8 Å². The molecule has 8 atom stereocenters. The summed E-state index contributed by atoms with van der Waals surface area (Å²) in [6.07, 6.45) is 1.00. The van der Waals surface area contributed by atoms with Crippen LogP contribution in [0.2, 0.25) is 0 Å². The van der Waals surface area contributed by atoms with Crippen LogP contribution in [0.25, 0.3) is 0 Å². The Balaban J connectivity index is 1.74. The number of carbonyl (C=O) groups is 3. The average Bonchev–Trinajstić information content (AvgIpc) is 2.92. The summed E-state index contributed by atoms with van der Waals surface area (Å²) in [5.41, 5.74) is -0.577. The molecule has 2 heterocycles. The molecule has 6 heteroatoms. The Hall–Kier alpha value is -1.59. The van der Waals surface area contributed by atoms with Crippen LogP contribution in [0.15, 0.2) is 0 Å². The minimum absolute atomic E-state index is 0.0741. The highest BCUT2D eigenvalue weighted by Gasteiger charge is 2.69. The van der Waals surface area contributed by atoms with Gasteiger partial charge in [0.25, 0.3) is 0 Å². The van der Waals surface area contributed by atoms with Crippen LogP contribution in [0, 0.1) is 29.1 Å². The van der Waals surface area contributed by atoms with E-state index in [1.54, 1.807) is 0 Å². The topological polar surface area (TPSA) is 78.9 Å². The first kappa shape index (κ1) is 15.0. The van der Waals surface area contributed by atoms with Crippen LogP contribution < -0.4 is 0 Å². The fraction of sp³-hybridized carbons (Fsp3) is 0.824. The molecule has 126 valence electrons. The second-order valence-electron chi connectivity index (χ2n) is 7.66. The van der Waals surface area contributed by atoms with Crippen molar-refractivity contribution in [3.63, 3.8) is 0 Å². The third-order valence-electron chi connectivity index (χ3n) is 6.59. The van der Waals surface area contributed by atoms with E-state index >= 15 is 0 Å². The van der Waals surface area contributed by atoms with E-state index < -0.39 is 11.5 Å². The third kappa shape index (κ3) is 1.83. The molecular formula is C17H22O6. The van der Waals surface area contributed by atoms with Gasteiger partial charge >= 0.3 is 17.9 Å². The minimum Gasteiger partial charge on any atom is -0.461 e. The smallest absolute Gasteiger partial charge is 0.313 e. The zero-order valence-electron chi connectivity index (χ0n) is 13.6. The van der Waals surface area contributed by atoms with Gasteiger partial charge in [-0.3, -0.25) is 14.4 Å². The SMILES string of the molecule is CC(=O)O[C@@H]1[C@@H](C)[C@@H]2[C@H]3OC(=O)[C@@H](C)C3CC[C@@]23C[C@@H]1OC3=O. The van der Waals surface area contributed by atoms with Crippen molar-refractivity contribution >= 4 is 17.9 Å². The van der Waals surface area contributed by atoms with Gasteiger partial charge < -0.3 is 14.2 Å². The van der Waals surface area contributed by atoms with Crippen LogP contribution in [0.4, 0.5) is 0 Å². The maximum absolute atomic E-state index is 12.6. The van der Waals surface area contributed by atoms with Crippen LogP contribution in [0.5, 0.6) is 0 Å². The van der Waals surface area contributed by atoms with Crippen molar-refractivity contribution in [2.75, 3.05) is 0 Å². The molecule has 0 aromatic heterocycles. The summed E-state index contributed by atoms with van der Waals surface area (Å²) < 4.78 is 16.7. The lowest BCUT2D eigenvalue weighted by Gasteiger charge is -2.50. The van der Waals surface area contributed by atoms with E-state index in [1.165, 1.54) is 6.92 Å². The normalized spacial score (nSPS) is 50.7. The lowest BCUT2D eigenvalue weighted by atomic mass is 9.52. The lowest BCUT2D eigenvalue weighted by Crippen LogP contribution is -2.57. The molecule has 2 bridgehead atoms. The Morgan fingerprint density at radius 1 is 1.26 bits per heavy atom. The number of carbonyl (C=O) groups excluding carboxylic acids is 3. The zero-order chi connectivity index (χ0) is 16.5. The number of rotatable bonds is 1. The molecule has 0 amide bonds. The fourth-order valence-corrected chi connectivity index (χ4v) is 5.57. The van der Waals surface area contributed by atoms with Crippen molar-refractivity contribution in [2.45, 2.75) is 58.3 Å². The van der Waals surface area contributed by atoms with E-state index in [-0.39, 0.29) is 53.8 Å². The summed E-state index contributed by atoms with van der Waals surface area (Å²) in [6.45, 7) is 5.25. The van der Waals surface area contributed by atoms with Gasteiger partial charge in [0.05, 0.1) is 11.3 Å². The van der Waals surface area contributed by atoms with Crippen LogP contribution >= 0.6 is 0 Å². The molecule has 1 spiro atoms. The largest absolute Gasteiger partial charge is 0.461 e. The van der Waals surface area contributed by atoms with Crippen LogP contribution in [0.1, 0.15) is 40.0 Å². The Morgan fingerprint density at radius 2 is 2.00 bits per heavy atom. The number of esters is 3. The standard InChI is InChI=1S/C17H22O6/c1-7-10-4-5-17-6-11(22-16(17)20)13(21-9(3)18)8(2)12(17)14(10)23-15(7)19/h7-8,10-14H,4-6H2,1-3H3/t7-,8-,10?,11-,12+,13+,14-,17+/m0/s1. The molecule has 4 aliphatic rings. The van der Waals surface area contributed by atoms with Crippen molar-refractivity contribution in [3.05, 3.63) is 0 Å². The van der Waals surface area contributed by atoms with E-state index in [4.69, 9.17) is 14.2 Å². The van der Waals surface area contributed by atoms with E-state index in [0.717, 1.165) is 12.8 Å². The second kappa shape index (κ2) is 4.71. The van der Waals surface area contributed by atoms with Crippen LogP contribution in [0.3, 0.4) is 0 Å². The molecule has 2 aliphatic heterocycles. The Labute approximate surface area is 134 Å². The first-order valence-electron chi connectivity index (χ1n) is 8.44. The van der Waals surface area contributed by atoms with Gasteiger partial charge in [0, 0.05) is 31.1 Å². The maximum Gasteiger partial charge on any atom is 0.313 e. The monoisotopic (exact) mass is 322 g/mol. The van der Waals surface area contributed by atoms with Crippen molar-refractivity contribution < 1.29 is 28.6 Å². The predicted molar refractivity (Wildman–Crippen MR) is 76.9 cm³/mol. The molecule has 0 aromatic rings. The zero-order valence-corrected chi connectivity index (χ0v) is 13.6. The molecule has 4 rings (SSSR count). The maximum atomic E-state index is 12.6. The van der Waals surface area contributed by atoms with Gasteiger partial charge in [0.1, 0.15) is 18.3 Å². The number of fused-ring (bicyclic) bond motifs is 3. The summed E-state index contributed by atoms with van der Waals surface area (Å²) in [7, 11) is 0. The second-order valence-corrected chi connectivity index (χ2v) is 7.66. The van der Waals surface area contributed by atoms with Crippen molar-refractivity contribution in [1.82, 2.24) is 0 Å². The first-order chi connectivity index (χ1) is 10.8. The van der Waals surface area contributed by atoms with E-state index in [9.17, 15) is 14.4 Å². The number of hydrogen-bond donors (Lipinski definition) is 0. The van der Waals surface area contributed by atoms with Crippen LogP contribution in [-0.4, -0.2) is 36.2 Å². The molecular weight excluding hydrogens is 300 g/mol. The summed E-state index contributed by atoms with van der Waals surface area (Å²) in [5.74, 6) is -0.956. The molecule has 2 saturated carbocycles. The van der Waals surface area contributed by atoms with Crippen molar-refractivity contribution in [3.8, 4) is 0 Å². The molecule has 0 N–H and O–H groups in total. The van der Waals surface area contributed by atoms with Gasteiger partial charge in [0.2, 0.25) is 0 Å². The van der Waals surface area contributed by atoms with Crippen molar-refractivity contribution in [2.24, 2.45) is 29.1 Å². The Morgan fingerprint density at radius 3 is 2.70 bits per heavy atom. The van der Waals surface area contributed by atoms with E-state index in [2.05, 4.69) is 0 Å². The van der Waals surface area contributed by atoms with Crippen molar-refractivity contribution in [1.29, 1.82) is 0 Å². The molecule has 4 fully saturated rings. The fourth-order valence-electron chi connectivity index (χ4n) is 5.57. The summed E-state index contributed by atoms with van der Waals surface area (Å²) >= 11 is 0. The van der Waals surface area contributed by atoms with E-state index in [1.807, 2.05) is 13.8 Å². The van der Waals surface area contributed by atoms with Gasteiger partial charge in [-0.2, -0.15) is 0 Å². The molecule has 1 unspecified atom stereocenters. The highest BCUT2D eigenvalue weighted by Crippen LogP contribution is 2.62. The summed E-state index contributed by atoms with van der Waals surface area (Å²) in [5, 5.41) is 0. The summed E-state index contributed by atoms with van der Waals surface area (Å²) in [4.78, 5) is 36.1. The third-order valence-corrected chi connectivity index (χ3v) is 6.59. The molecule has 0 radical (unpaired) electrons. The predicted octanol–water partition coefficient (Wildman–Crippen LogP) is 1.46. The number of ether oxygens (including phenoxy) is 3.